The molecule has 0 saturated carbocycles. The van der Waals surface area contributed by atoms with Gasteiger partial charge in [-0.05, 0) is 72.9 Å². The maximum absolute atomic E-state index is 13.7. The number of aromatic nitrogens is 1. The molecule has 0 spiro atoms. The molecule has 1 atom stereocenters. The van der Waals surface area contributed by atoms with Crippen LogP contribution in [0.5, 0.6) is 17.2 Å². The highest BCUT2D eigenvalue weighted by Gasteiger charge is 2.48. The van der Waals surface area contributed by atoms with Gasteiger partial charge in [-0.2, -0.15) is 0 Å². The van der Waals surface area contributed by atoms with Crippen molar-refractivity contribution in [1.82, 2.24) is 4.98 Å². The molecule has 9 heteroatoms. The predicted molar refractivity (Wildman–Crippen MR) is 158 cm³/mol. The van der Waals surface area contributed by atoms with E-state index in [9.17, 15) is 14.7 Å². The third kappa shape index (κ3) is 5.13. The number of aliphatic hydroxyl groups is 1. The Kier molecular flexibility index (Phi) is 7.13. The molecule has 0 radical (unpaired) electrons. The van der Waals surface area contributed by atoms with Crippen LogP contribution in [0.1, 0.15) is 43.0 Å². The van der Waals surface area contributed by atoms with E-state index in [0.29, 0.717) is 59.2 Å². The highest BCUT2D eigenvalue weighted by atomic mass is 32.1. The Hall–Kier alpha value is -4.37. The molecule has 3 heterocycles. The van der Waals surface area contributed by atoms with Gasteiger partial charge in [0.15, 0.2) is 16.6 Å². The fraction of sp³-hybridized carbons (Fsp3) is 0.281. The largest absolute Gasteiger partial charge is 0.507 e. The highest BCUT2D eigenvalue weighted by Crippen LogP contribution is 2.45. The van der Waals surface area contributed by atoms with Crippen molar-refractivity contribution in [1.29, 1.82) is 0 Å². The molecule has 1 N–H and O–H groups in total. The highest BCUT2D eigenvalue weighted by molar-refractivity contribution is 7.22. The minimum Gasteiger partial charge on any atom is -0.507 e. The molecular formula is C32H30N2O6S. The summed E-state index contributed by atoms with van der Waals surface area (Å²) >= 11 is 1.33. The fourth-order valence-corrected chi connectivity index (χ4v) is 6.09. The van der Waals surface area contributed by atoms with Crippen LogP contribution in [0.3, 0.4) is 0 Å². The van der Waals surface area contributed by atoms with E-state index in [-0.39, 0.29) is 11.3 Å². The molecule has 41 heavy (non-hydrogen) atoms. The van der Waals surface area contributed by atoms with Crippen molar-refractivity contribution >= 4 is 44.1 Å². The zero-order valence-corrected chi connectivity index (χ0v) is 23.9. The lowest BCUT2D eigenvalue weighted by atomic mass is 9.95. The van der Waals surface area contributed by atoms with E-state index in [1.54, 1.807) is 18.2 Å². The van der Waals surface area contributed by atoms with Crippen LogP contribution in [0.25, 0.3) is 16.0 Å². The summed E-state index contributed by atoms with van der Waals surface area (Å²) in [5.74, 6) is 0.289. The van der Waals surface area contributed by atoms with Crippen LogP contribution < -0.4 is 19.1 Å². The summed E-state index contributed by atoms with van der Waals surface area (Å²) in [7, 11) is 0. The van der Waals surface area contributed by atoms with E-state index >= 15 is 0 Å². The Morgan fingerprint density at radius 2 is 1.88 bits per heavy atom. The van der Waals surface area contributed by atoms with Gasteiger partial charge in [0.1, 0.15) is 24.7 Å². The molecule has 2 aliphatic heterocycles. The monoisotopic (exact) mass is 570 g/mol. The second kappa shape index (κ2) is 10.9. The molecule has 6 rings (SSSR count). The zero-order chi connectivity index (χ0) is 28.7. The van der Waals surface area contributed by atoms with Gasteiger partial charge in [-0.3, -0.25) is 14.5 Å². The molecule has 1 unspecified atom stereocenters. The number of aryl methyl sites for hydroxylation is 1. The number of Topliss-reactive ketones (excluding diaryl/α,β-unsaturated/α-hetero) is 1. The Morgan fingerprint density at radius 3 is 2.68 bits per heavy atom. The number of rotatable bonds is 7. The molecule has 4 aromatic rings. The van der Waals surface area contributed by atoms with Gasteiger partial charge in [0, 0.05) is 5.56 Å². The topological polar surface area (TPSA) is 98.2 Å². The maximum atomic E-state index is 13.7. The second-order valence-corrected chi connectivity index (χ2v) is 11.6. The van der Waals surface area contributed by atoms with Crippen LogP contribution in [-0.2, 0) is 9.59 Å². The number of anilines is 1. The van der Waals surface area contributed by atoms with Gasteiger partial charge in [0.25, 0.3) is 5.78 Å². The number of aliphatic hydroxyl groups excluding tert-OH is 1. The molecule has 0 aliphatic carbocycles. The van der Waals surface area contributed by atoms with E-state index in [1.807, 2.05) is 49.4 Å². The quantitative estimate of drug-likeness (QED) is 0.155. The van der Waals surface area contributed by atoms with Crippen molar-refractivity contribution in [3.05, 3.63) is 82.9 Å². The van der Waals surface area contributed by atoms with Crippen molar-refractivity contribution in [2.24, 2.45) is 5.92 Å². The van der Waals surface area contributed by atoms with E-state index in [2.05, 4.69) is 13.8 Å². The third-order valence-corrected chi connectivity index (χ3v) is 8.15. The summed E-state index contributed by atoms with van der Waals surface area (Å²) in [4.78, 5) is 33.4. The number of nitrogens with zero attached hydrogens (tertiary/aromatic N) is 2. The lowest BCUT2D eigenvalue weighted by Gasteiger charge is -2.24. The SMILES string of the molecule is Cc1ccc2nc(N3C(=O)C(=O)/C(=C(\O)c4ccc5c(c4)OCCO5)C3c3cccc(OCCC(C)C)c3)sc2c1. The first-order chi connectivity index (χ1) is 19.8. The molecule has 8 nitrogen and oxygen atoms in total. The van der Waals surface area contributed by atoms with Crippen LogP contribution in [0.2, 0.25) is 0 Å². The van der Waals surface area contributed by atoms with E-state index in [0.717, 1.165) is 22.2 Å². The average Bonchev–Trinajstić information content (AvgIpc) is 3.49. The normalized spacial score (nSPS) is 18.0. The molecule has 1 saturated heterocycles. The molecule has 210 valence electrons. The number of thiazole rings is 1. The number of hydrogen-bond donors (Lipinski definition) is 1. The number of ether oxygens (including phenoxy) is 3. The third-order valence-electron chi connectivity index (χ3n) is 7.14. The lowest BCUT2D eigenvalue weighted by molar-refractivity contribution is -0.132. The minimum atomic E-state index is -0.918. The van der Waals surface area contributed by atoms with Crippen molar-refractivity contribution < 1.29 is 28.9 Å². The van der Waals surface area contributed by atoms with Crippen molar-refractivity contribution in [2.45, 2.75) is 33.2 Å². The van der Waals surface area contributed by atoms with Crippen LogP contribution in [0.15, 0.2) is 66.2 Å². The van der Waals surface area contributed by atoms with Gasteiger partial charge in [-0.25, -0.2) is 4.98 Å². The van der Waals surface area contributed by atoms with Crippen molar-refractivity contribution in [3.8, 4) is 17.2 Å². The minimum absolute atomic E-state index is 0.0264. The number of amides is 1. The number of benzene rings is 3. The summed E-state index contributed by atoms with van der Waals surface area (Å²) in [6.07, 6.45) is 0.887. The number of ketones is 1. The first-order valence-electron chi connectivity index (χ1n) is 13.6. The van der Waals surface area contributed by atoms with E-state index in [4.69, 9.17) is 19.2 Å². The predicted octanol–water partition coefficient (Wildman–Crippen LogP) is 6.43. The second-order valence-electron chi connectivity index (χ2n) is 10.6. The van der Waals surface area contributed by atoms with Crippen molar-refractivity contribution in [2.75, 3.05) is 24.7 Å². The summed E-state index contributed by atoms with van der Waals surface area (Å²) in [5.41, 5.74) is 2.74. The molecule has 2 aliphatic rings. The fourth-order valence-electron chi connectivity index (χ4n) is 5.00. The van der Waals surface area contributed by atoms with E-state index in [1.165, 1.54) is 16.2 Å². The lowest BCUT2D eigenvalue weighted by Crippen LogP contribution is -2.29. The van der Waals surface area contributed by atoms with Crippen molar-refractivity contribution in [3.63, 3.8) is 0 Å². The van der Waals surface area contributed by atoms with Gasteiger partial charge in [-0.15, -0.1) is 0 Å². The van der Waals surface area contributed by atoms with Crippen LogP contribution in [-0.4, -0.2) is 41.6 Å². The van der Waals surface area contributed by atoms with E-state index < -0.39 is 17.7 Å². The number of carbonyl (C=O) groups is 2. The Bertz CT molecular complexity index is 1690. The number of fused-ring (bicyclic) bond motifs is 2. The average molecular weight is 571 g/mol. The molecule has 1 amide bonds. The van der Waals surface area contributed by atoms with Gasteiger partial charge in [0.05, 0.1) is 28.4 Å². The molecule has 3 aromatic carbocycles. The Balaban J connectivity index is 1.48. The summed E-state index contributed by atoms with van der Waals surface area (Å²) in [6, 6.07) is 17.2. The van der Waals surface area contributed by atoms with Gasteiger partial charge in [-0.1, -0.05) is 43.4 Å². The van der Waals surface area contributed by atoms with Crippen LogP contribution in [0.4, 0.5) is 5.13 Å². The molecular weight excluding hydrogens is 540 g/mol. The maximum Gasteiger partial charge on any atom is 0.301 e. The van der Waals surface area contributed by atoms with Gasteiger partial charge >= 0.3 is 5.91 Å². The smallest absolute Gasteiger partial charge is 0.301 e. The Morgan fingerprint density at radius 1 is 1.07 bits per heavy atom. The van der Waals surface area contributed by atoms with Crippen LogP contribution in [0, 0.1) is 12.8 Å². The standard InChI is InChI=1S/C32H30N2O6S/c1-18(2)11-12-38-22-6-4-5-20(16-22)28-27(29(35)21-8-10-24-25(17-21)40-14-13-39-24)30(36)31(37)34(28)32-33-23-9-7-19(3)15-26(23)41-32/h4-10,15-18,28,35H,11-14H2,1-3H3/b29-27-. The Labute approximate surface area is 241 Å². The van der Waals surface area contributed by atoms with Gasteiger partial charge in [0.2, 0.25) is 0 Å². The molecule has 1 fully saturated rings. The molecule has 1 aromatic heterocycles. The van der Waals surface area contributed by atoms with Gasteiger partial charge < -0.3 is 19.3 Å². The number of carbonyl (C=O) groups excluding carboxylic acids is 2. The summed E-state index contributed by atoms with van der Waals surface area (Å²) < 4.78 is 18.2. The zero-order valence-electron chi connectivity index (χ0n) is 23.0. The molecule has 0 bridgehead atoms. The number of hydrogen-bond acceptors (Lipinski definition) is 8. The first-order valence-corrected chi connectivity index (χ1v) is 14.4. The summed E-state index contributed by atoms with van der Waals surface area (Å²) in [5, 5.41) is 12.0. The summed E-state index contributed by atoms with van der Waals surface area (Å²) in [6.45, 7) is 7.59. The van der Waals surface area contributed by atoms with Crippen LogP contribution >= 0.6 is 11.3 Å². The first kappa shape index (κ1) is 26.8.